The molecule has 1 aliphatic heterocycles. The summed E-state index contributed by atoms with van der Waals surface area (Å²) >= 11 is 1.81. The molecule has 4 nitrogen and oxygen atoms in total. The van der Waals surface area contributed by atoms with Gasteiger partial charge in [0.1, 0.15) is 12.1 Å². The van der Waals surface area contributed by atoms with Crippen LogP contribution in [0.5, 0.6) is 0 Å². The Kier molecular flexibility index (Phi) is 6.57. The number of nitrogens with one attached hydrogen (secondary N) is 1. The van der Waals surface area contributed by atoms with Crippen LogP contribution in [0, 0.1) is 5.92 Å². The smallest absolute Gasteiger partial charge is 0.245 e. The van der Waals surface area contributed by atoms with E-state index in [0.717, 1.165) is 12.8 Å². The predicted molar refractivity (Wildman–Crippen MR) is 89.4 cm³/mol. The van der Waals surface area contributed by atoms with E-state index in [0.29, 0.717) is 18.9 Å². The van der Waals surface area contributed by atoms with Crippen molar-refractivity contribution in [2.45, 2.75) is 70.7 Å². The Morgan fingerprint density at radius 1 is 1.29 bits per heavy atom. The largest absolute Gasteiger partial charge is 0.343 e. The van der Waals surface area contributed by atoms with E-state index in [9.17, 15) is 9.59 Å². The maximum Gasteiger partial charge on any atom is 0.245 e. The summed E-state index contributed by atoms with van der Waals surface area (Å²) in [6.45, 7) is 11.0. The molecule has 0 saturated carbocycles. The van der Waals surface area contributed by atoms with Crippen LogP contribution >= 0.6 is 11.8 Å². The number of amides is 2. The first-order chi connectivity index (χ1) is 9.80. The van der Waals surface area contributed by atoms with Gasteiger partial charge in [0, 0.05) is 11.3 Å². The zero-order chi connectivity index (χ0) is 16.2. The Morgan fingerprint density at radius 3 is 2.29 bits per heavy atom. The molecule has 0 radical (unpaired) electrons. The monoisotopic (exact) mass is 314 g/mol. The van der Waals surface area contributed by atoms with Crippen molar-refractivity contribution >= 4 is 23.6 Å². The zero-order valence-corrected chi connectivity index (χ0v) is 15.0. The van der Waals surface area contributed by atoms with E-state index in [-0.39, 0.29) is 28.6 Å². The Morgan fingerprint density at radius 2 is 1.86 bits per heavy atom. The van der Waals surface area contributed by atoms with E-state index < -0.39 is 0 Å². The molecule has 1 aliphatic rings. The molecular formula is C16H30N2O2S. The van der Waals surface area contributed by atoms with Gasteiger partial charge in [0.05, 0.1) is 0 Å². The highest BCUT2D eigenvalue weighted by molar-refractivity contribution is 8.00. The van der Waals surface area contributed by atoms with E-state index in [4.69, 9.17) is 0 Å². The Hall–Kier alpha value is -0.710. The Balaban J connectivity index is 2.95. The molecule has 0 aromatic rings. The van der Waals surface area contributed by atoms with Crippen LogP contribution in [0.1, 0.15) is 53.9 Å². The van der Waals surface area contributed by atoms with Gasteiger partial charge in [-0.1, -0.05) is 27.7 Å². The third-order valence-corrected chi connectivity index (χ3v) is 6.20. The lowest BCUT2D eigenvalue weighted by molar-refractivity contribution is -0.149. The fraction of sp³-hybridized carbons (Fsp3) is 0.875. The minimum Gasteiger partial charge on any atom is -0.343 e. The molecule has 5 heteroatoms. The highest BCUT2D eigenvalue weighted by Gasteiger charge is 2.41. The van der Waals surface area contributed by atoms with Crippen molar-refractivity contribution in [1.82, 2.24) is 10.2 Å². The van der Waals surface area contributed by atoms with Crippen molar-refractivity contribution in [2.24, 2.45) is 5.92 Å². The molecule has 1 fully saturated rings. The lowest BCUT2D eigenvalue weighted by atomic mass is 9.95. The lowest BCUT2D eigenvalue weighted by Crippen LogP contribution is -2.64. The number of hydrogen-bond donors (Lipinski definition) is 1. The Bertz CT molecular complexity index is 372. The molecule has 2 unspecified atom stereocenters. The third-order valence-electron chi connectivity index (χ3n) is 4.63. The van der Waals surface area contributed by atoms with E-state index in [2.05, 4.69) is 39.3 Å². The molecule has 21 heavy (non-hydrogen) atoms. The van der Waals surface area contributed by atoms with E-state index in [1.165, 1.54) is 0 Å². The number of carbonyl (C=O) groups is 2. The van der Waals surface area contributed by atoms with Crippen LogP contribution in [0.2, 0.25) is 0 Å². The van der Waals surface area contributed by atoms with Crippen molar-refractivity contribution in [2.75, 3.05) is 12.8 Å². The van der Waals surface area contributed by atoms with Crippen LogP contribution in [-0.2, 0) is 9.59 Å². The predicted octanol–water partition coefficient (Wildman–Crippen LogP) is 2.67. The summed E-state index contributed by atoms with van der Waals surface area (Å²) in [5.41, 5.74) is 0. The molecule has 0 aliphatic carbocycles. The van der Waals surface area contributed by atoms with Gasteiger partial charge in [-0.2, -0.15) is 11.8 Å². The van der Waals surface area contributed by atoms with Crippen molar-refractivity contribution in [3.8, 4) is 0 Å². The van der Waals surface area contributed by atoms with E-state index in [1.54, 1.807) is 16.7 Å². The fourth-order valence-corrected chi connectivity index (χ4v) is 3.72. The number of thioether (sulfide) groups is 1. The molecule has 2 atom stereocenters. The summed E-state index contributed by atoms with van der Waals surface area (Å²) in [7, 11) is 0. The van der Waals surface area contributed by atoms with Gasteiger partial charge in [-0.25, -0.2) is 0 Å². The summed E-state index contributed by atoms with van der Waals surface area (Å²) in [5.74, 6) is 0.441. The van der Waals surface area contributed by atoms with Gasteiger partial charge in [-0.05, 0) is 38.4 Å². The molecule has 1 heterocycles. The summed E-state index contributed by atoms with van der Waals surface area (Å²) in [4.78, 5) is 26.7. The summed E-state index contributed by atoms with van der Waals surface area (Å²) in [6, 6.07) is -0.729. The lowest BCUT2D eigenvalue weighted by Gasteiger charge is -2.43. The van der Waals surface area contributed by atoms with E-state index >= 15 is 0 Å². The second kappa shape index (κ2) is 7.52. The van der Waals surface area contributed by atoms with Gasteiger partial charge >= 0.3 is 0 Å². The third kappa shape index (κ3) is 4.15. The molecule has 0 spiro atoms. The standard InChI is InChI=1S/C16H30N2O2S/c1-7-16(8-2,21-6)10-18-12(5)14(19)17-13(15(18)20)9-11(3)4/h11-13H,7-10H2,1-6H3,(H,17,19). The molecule has 1 N–H and O–H groups in total. The Labute approximate surface area is 133 Å². The van der Waals surface area contributed by atoms with Crippen molar-refractivity contribution < 1.29 is 9.59 Å². The first-order valence-corrected chi connectivity index (χ1v) is 9.18. The van der Waals surface area contributed by atoms with Gasteiger partial charge in [-0.3, -0.25) is 9.59 Å². The number of rotatable bonds is 7. The van der Waals surface area contributed by atoms with Crippen LogP contribution < -0.4 is 5.32 Å². The van der Waals surface area contributed by atoms with Crippen LogP contribution in [-0.4, -0.2) is 46.3 Å². The molecule has 2 amide bonds. The van der Waals surface area contributed by atoms with Crippen molar-refractivity contribution in [3.63, 3.8) is 0 Å². The first kappa shape index (κ1) is 18.3. The maximum atomic E-state index is 12.7. The average Bonchev–Trinajstić information content (AvgIpc) is 2.45. The molecular weight excluding hydrogens is 284 g/mol. The minimum atomic E-state index is -0.370. The van der Waals surface area contributed by atoms with E-state index in [1.807, 2.05) is 6.92 Å². The summed E-state index contributed by atoms with van der Waals surface area (Å²) in [6.07, 6.45) is 4.80. The molecule has 122 valence electrons. The molecule has 0 aromatic carbocycles. The van der Waals surface area contributed by atoms with Gasteiger partial charge in [0.2, 0.25) is 11.8 Å². The second-order valence-corrected chi connectivity index (χ2v) is 7.70. The van der Waals surface area contributed by atoms with Gasteiger partial charge in [0.25, 0.3) is 0 Å². The highest BCUT2D eigenvalue weighted by Crippen LogP contribution is 2.33. The molecule has 0 aromatic heterocycles. The quantitative estimate of drug-likeness (QED) is 0.786. The summed E-state index contributed by atoms with van der Waals surface area (Å²) < 4.78 is 0.0456. The van der Waals surface area contributed by atoms with Crippen LogP contribution in [0.3, 0.4) is 0 Å². The van der Waals surface area contributed by atoms with Gasteiger partial charge in [0.15, 0.2) is 0 Å². The topological polar surface area (TPSA) is 49.4 Å². The summed E-state index contributed by atoms with van der Waals surface area (Å²) in [5, 5.41) is 2.88. The minimum absolute atomic E-state index is 0.0255. The maximum absolute atomic E-state index is 12.7. The fourth-order valence-electron chi connectivity index (χ4n) is 2.87. The normalized spacial score (nSPS) is 23.7. The van der Waals surface area contributed by atoms with Crippen molar-refractivity contribution in [3.05, 3.63) is 0 Å². The van der Waals surface area contributed by atoms with Crippen molar-refractivity contribution in [1.29, 1.82) is 0 Å². The average molecular weight is 314 g/mol. The van der Waals surface area contributed by atoms with Crippen LogP contribution in [0.25, 0.3) is 0 Å². The molecule has 1 rings (SSSR count). The first-order valence-electron chi connectivity index (χ1n) is 7.96. The molecule has 0 bridgehead atoms. The van der Waals surface area contributed by atoms with Gasteiger partial charge in [-0.15, -0.1) is 0 Å². The van der Waals surface area contributed by atoms with Crippen LogP contribution in [0.4, 0.5) is 0 Å². The number of hydrogen-bond acceptors (Lipinski definition) is 3. The van der Waals surface area contributed by atoms with Crippen LogP contribution in [0.15, 0.2) is 0 Å². The SMILES string of the molecule is CCC(CC)(CN1C(=O)C(CC(C)C)NC(=O)C1C)SC. The van der Waals surface area contributed by atoms with Gasteiger partial charge < -0.3 is 10.2 Å². The number of nitrogens with zero attached hydrogens (tertiary/aromatic N) is 1. The highest BCUT2D eigenvalue weighted by atomic mass is 32.2. The molecule has 1 saturated heterocycles. The number of piperazine rings is 1. The number of carbonyl (C=O) groups excluding carboxylic acids is 2. The second-order valence-electron chi connectivity index (χ2n) is 6.43. The zero-order valence-electron chi connectivity index (χ0n) is 14.2.